The lowest BCUT2D eigenvalue weighted by molar-refractivity contribution is -0.169. The summed E-state index contributed by atoms with van der Waals surface area (Å²) < 4.78 is 11.5. The highest BCUT2D eigenvalue weighted by atomic mass is 35.5. The number of nitrogens with zero attached hydrogens (tertiary/aromatic N) is 3. The molecule has 2 saturated heterocycles. The molecule has 2 aromatic rings. The summed E-state index contributed by atoms with van der Waals surface area (Å²) >= 11 is 5.92. The Morgan fingerprint density at radius 2 is 1.52 bits per heavy atom. The fourth-order valence-electron chi connectivity index (χ4n) is 3.11. The normalized spacial score (nSPS) is 20.1. The molecule has 0 amide bonds. The third kappa shape index (κ3) is 3.04. The van der Waals surface area contributed by atoms with Gasteiger partial charge in [-0.15, -0.1) is 0 Å². The lowest BCUT2D eigenvalue weighted by atomic mass is 10.0. The number of hydrogen-bond donors (Lipinski definition) is 0. The highest BCUT2D eigenvalue weighted by Crippen LogP contribution is 2.32. The summed E-state index contributed by atoms with van der Waals surface area (Å²) in [5.41, 5.74) is 2.05. The molecule has 2 aliphatic rings. The van der Waals surface area contributed by atoms with Gasteiger partial charge in [0.05, 0.1) is 13.2 Å². The van der Waals surface area contributed by atoms with Crippen molar-refractivity contribution in [3.63, 3.8) is 0 Å². The number of rotatable bonds is 2. The van der Waals surface area contributed by atoms with Gasteiger partial charge in [0.2, 0.25) is 5.95 Å². The second-order valence-electron chi connectivity index (χ2n) is 5.87. The van der Waals surface area contributed by atoms with Gasteiger partial charge in [-0.2, -0.15) is 0 Å². The first-order chi connectivity index (χ1) is 11.2. The Morgan fingerprint density at radius 1 is 0.913 bits per heavy atom. The summed E-state index contributed by atoms with van der Waals surface area (Å²) in [5.74, 6) is 0.398. The molecule has 2 aliphatic heterocycles. The molecule has 120 valence electrons. The van der Waals surface area contributed by atoms with Crippen LogP contribution >= 0.6 is 11.6 Å². The smallest absolute Gasteiger partial charge is 0.225 e. The Morgan fingerprint density at radius 3 is 2.13 bits per heavy atom. The van der Waals surface area contributed by atoms with Crippen LogP contribution in [0.1, 0.15) is 12.8 Å². The van der Waals surface area contributed by atoms with Crippen LogP contribution < -0.4 is 4.90 Å². The molecule has 0 bridgehead atoms. The summed E-state index contributed by atoms with van der Waals surface area (Å²) in [6.07, 6.45) is 5.43. The van der Waals surface area contributed by atoms with Crippen LogP contribution in [-0.2, 0) is 9.47 Å². The molecule has 2 fully saturated rings. The van der Waals surface area contributed by atoms with Gasteiger partial charge in [0.25, 0.3) is 0 Å². The molecule has 23 heavy (non-hydrogen) atoms. The fourth-order valence-corrected chi connectivity index (χ4v) is 3.24. The van der Waals surface area contributed by atoms with Crippen molar-refractivity contribution >= 4 is 17.5 Å². The van der Waals surface area contributed by atoms with Crippen LogP contribution in [0, 0.1) is 0 Å². The maximum atomic E-state index is 5.92. The van der Waals surface area contributed by atoms with E-state index in [2.05, 4.69) is 14.9 Å². The van der Waals surface area contributed by atoms with Crippen molar-refractivity contribution in [3.05, 3.63) is 41.7 Å². The molecule has 0 saturated carbocycles. The van der Waals surface area contributed by atoms with Crippen molar-refractivity contribution in [1.29, 1.82) is 0 Å². The minimum absolute atomic E-state index is 0.361. The van der Waals surface area contributed by atoms with Gasteiger partial charge in [-0.3, -0.25) is 0 Å². The Labute approximate surface area is 140 Å². The third-order valence-corrected chi connectivity index (χ3v) is 4.69. The van der Waals surface area contributed by atoms with Crippen LogP contribution in [0.4, 0.5) is 5.95 Å². The topological polar surface area (TPSA) is 47.5 Å². The number of ether oxygens (including phenoxy) is 2. The number of aromatic nitrogens is 2. The average molecular weight is 332 g/mol. The number of benzene rings is 1. The standard InChI is InChI=1S/C17H18ClN3O2/c18-15-3-1-13(2-4-15)14-11-19-16(20-12-14)21-7-5-17(6-8-21)22-9-10-23-17/h1-4,11-12H,5-10H2. The van der Waals surface area contributed by atoms with Crippen LogP contribution in [0.3, 0.4) is 0 Å². The predicted octanol–water partition coefficient (Wildman–Crippen LogP) is 3.14. The lowest BCUT2D eigenvalue weighted by Gasteiger charge is -2.37. The zero-order valence-corrected chi connectivity index (χ0v) is 13.5. The zero-order valence-electron chi connectivity index (χ0n) is 12.7. The first kappa shape index (κ1) is 14.9. The summed E-state index contributed by atoms with van der Waals surface area (Å²) in [4.78, 5) is 11.2. The van der Waals surface area contributed by atoms with Gasteiger partial charge in [0.15, 0.2) is 5.79 Å². The van der Waals surface area contributed by atoms with E-state index in [9.17, 15) is 0 Å². The summed E-state index contributed by atoms with van der Waals surface area (Å²) in [6.45, 7) is 3.10. The molecule has 4 rings (SSSR count). The Balaban J connectivity index is 1.45. The monoisotopic (exact) mass is 331 g/mol. The molecule has 1 spiro atoms. The van der Waals surface area contributed by atoms with E-state index >= 15 is 0 Å². The minimum Gasteiger partial charge on any atom is -0.347 e. The van der Waals surface area contributed by atoms with Gasteiger partial charge in [-0.1, -0.05) is 23.7 Å². The Hall–Kier alpha value is -1.69. The third-order valence-electron chi connectivity index (χ3n) is 4.44. The van der Waals surface area contributed by atoms with Gasteiger partial charge in [0.1, 0.15) is 0 Å². The highest BCUT2D eigenvalue weighted by Gasteiger charge is 2.40. The van der Waals surface area contributed by atoms with Gasteiger partial charge < -0.3 is 14.4 Å². The molecule has 6 heteroatoms. The molecule has 1 aromatic heterocycles. The van der Waals surface area contributed by atoms with Crippen molar-refractivity contribution in [1.82, 2.24) is 9.97 Å². The van der Waals surface area contributed by atoms with E-state index in [4.69, 9.17) is 21.1 Å². The average Bonchev–Trinajstić information content (AvgIpc) is 3.05. The van der Waals surface area contributed by atoms with Crippen molar-refractivity contribution in [2.24, 2.45) is 0 Å². The van der Waals surface area contributed by atoms with Crippen LogP contribution in [0.25, 0.3) is 11.1 Å². The highest BCUT2D eigenvalue weighted by molar-refractivity contribution is 6.30. The second kappa shape index (κ2) is 6.07. The SMILES string of the molecule is Clc1ccc(-c2cnc(N3CCC4(CC3)OCCO4)nc2)cc1. The predicted molar refractivity (Wildman–Crippen MR) is 88.6 cm³/mol. The Bertz CT molecular complexity index is 659. The fraction of sp³-hybridized carbons (Fsp3) is 0.412. The van der Waals surface area contributed by atoms with Crippen LogP contribution in [0.2, 0.25) is 5.02 Å². The molecule has 0 N–H and O–H groups in total. The summed E-state index contributed by atoms with van der Waals surface area (Å²) in [5, 5.41) is 0.727. The maximum absolute atomic E-state index is 5.92. The van der Waals surface area contributed by atoms with E-state index in [0.717, 1.165) is 48.0 Å². The molecule has 3 heterocycles. The van der Waals surface area contributed by atoms with Gasteiger partial charge in [0, 0.05) is 48.9 Å². The van der Waals surface area contributed by atoms with E-state index in [1.165, 1.54) is 0 Å². The summed E-state index contributed by atoms with van der Waals surface area (Å²) in [7, 11) is 0. The molecule has 0 atom stereocenters. The van der Waals surface area contributed by atoms with Crippen LogP contribution in [0.15, 0.2) is 36.7 Å². The van der Waals surface area contributed by atoms with Crippen molar-refractivity contribution in [3.8, 4) is 11.1 Å². The van der Waals surface area contributed by atoms with E-state index in [1.54, 1.807) is 0 Å². The molecule has 0 radical (unpaired) electrons. The van der Waals surface area contributed by atoms with Crippen LogP contribution in [0.5, 0.6) is 0 Å². The number of piperidine rings is 1. The van der Waals surface area contributed by atoms with Gasteiger partial charge >= 0.3 is 0 Å². The molecule has 5 nitrogen and oxygen atoms in total. The van der Waals surface area contributed by atoms with Gasteiger partial charge in [-0.25, -0.2) is 9.97 Å². The molecule has 1 aromatic carbocycles. The maximum Gasteiger partial charge on any atom is 0.225 e. The second-order valence-corrected chi connectivity index (χ2v) is 6.31. The van der Waals surface area contributed by atoms with Crippen molar-refractivity contribution < 1.29 is 9.47 Å². The summed E-state index contributed by atoms with van der Waals surface area (Å²) in [6, 6.07) is 7.69. The first-order valence-corrected chi connectivity index (χ1v) is 8.23. The van der Waals surface area contributed by atoms with Crippen molar-refractivity contribution in [2.75, 3.05) is 31.2 Å². The van der Waals surface area contributed by atoms with E-state index in [-0.39, 0.29) is 5.79 Å². The molecular formula is C17H18ClN3O2. The number of hydrogen-bond acceptors (Lipinski definition) is 5. The largest absolute Gasteiger partial charge is 0.347 e. The zero-order chi connectivity index (χ0) is 15.7. The van der Waals surface area contributed by atoms with E-state index < -0.39 is 0 Å². The Kier molecular flexibility index (Phi) is 3.93. The number of anilines is 1. The lowest BCUT2D eigenvalue weighted by Crippen LogP contribution is -2.45. The van der Waals surface area contributed by atoms with E-state index in [1.807, 2.05) is 36.7 Å². The van der Waals surface area contributed by atoms with E-state index in [0.29, 0.717) is 13.2 Å². The van der Waals surface area contributed by atoms with Gasteiger partial charge in [-0.05, 0) is 17.7 Å². The minimum atomic E-state index is -0.361. The molecular weight excluding hydrogens is 314 g/mol. The number of halogens is 1. The van der Waals surface area contributed by atoms with Crippen molar-refractivity contribution in [2.45, 2.75) is 18.6 Å². The van der Waals surface area contributed by atoms with Crippen LogP contribution in [-0.4, -0.2) is 42.1 Å². The first-order valence-electron chi connectivity index (χ1n) is 7.85. The molecule has 0 unspecified atom stereocenters. The molecule has 0 aliphatic carbocycles. The quantitative estimate of drug-likeness (QED) is 0.846.